The van der Waals surface area contributed by atoms with Gasteiger partial charge in [0.2, 0.25) is 0 Å². The van der Waals surface area contributed by atoms with Crippen LogP contribution in [0.15, 0.2) is 37.0 Å². The Morgan fingerprint density at radius 2 is 1.88 bits per heavy atom. The molecule has 1 aliphatic heterocycles. The maximum absolute atomic E-state index is 12.7. The number of nitrogens with one attached hydrogen (secondary N) is 2. The van der Waals surface area contributed by atoms with Crippen molar-refractivity contribution in [2.24, 2.45) is 0 Å². The summed E-state index contributed by atoms with van der Waals surface area (Å²) in [6.07, 6.45) is -0.672. The van der Waals surface area contributed by atoms with Crippen LogP contribution in [0, 0.1) is 0 Å². The van der Waals surface area contributed by atoms with E-state index in [0.29, 0.717) is 23.0 Å². The maximum atomic E-state index is 12.7. The first-order valence-electron chi connectivity index (χ1n) is 8.20. The highest BCUT2D eigenvalue weighted by molar-refractivity contribution is 5.77. The minimum atomic E-state index is -4.34. The predicted molar refractivity (Wildman–Crippen MR) is 91.7 cm³/mol. The standard InChI is InChI=1S/C18H21F3N4/c1-12(23-15-7-9-25(2)10-8-15)17-16(11-22-24-17)13-3-5-14(6-4-13)18(19,20)21/h3-6,11,15,23H,1,7-10H2,2H3,(H,22,24). The van der Waals surface area contributed by atoms with E-state index in [1.165, 1.54) is 12.1 Å². The summed E-state index contributed by atoms with van der Waals surface area (Å²) in [5.74, 6) is 0. The van der Waals surface area contributed by atoms with Crippen LogP contribution >= 0.6 is 0 Å². The van der Waals surface area contributed by atoms with Gasteiger partial charge in [0.15, 0.2) is 0 Å². The molecule has 4 nitrogen and oxygen atoms in total. The van der Waals surface area contributed by atoms with Gasteiger partial charge in [0.1, 0.15) is 0 Å². The van der Waals surface area contributed by atoms with E-state index in [1.807, 2.05) is 0 Å². The second kappa shape index (κ2) is 6.92. The van der Waals surface area contributed by atoms with Crippen LogP contribution in [0.2, 0.25) is 0 Å². The number of benzene rings is 1. The number of H-pyrrole nitrogens is 1. The number of alkyl halides is 3. The number of likely N-dealkylation sites (tertiary alicyclic amines) is 1. The molecule has 0 aliphatic carbocycles. The number of hydrogen-bond donors (Lipinski definition) is 2. The normalized spacial score (nSPS) is 16.8. The van der Waals surface area contributed by atoms with Gasteiger partial charge in [-0.2, -0.15) is 18.3 Å². The molecule has 7 heteroatoms. The first-order chi connectivity index (χ1) is 11.8. The molecular weight excluding hydrogens is 329 g/mol. The highest BCUT2D eigenvalue weighted by Crippen LogP contribution is 2.32. The smallest absolute Gasteiger partial charge is 0.381 e. The van der Waals surface area contributed by atoms with E-state index < -0.39 is 11.7 Å². The molecule has 0 amide bonds. The summed E-state index contributed by atoms with van der Waals surface area (Å²) in [7, 11) is 2.10. The summed E-state index contributed by atoms with van der Waals surface area (Å²) in [4.78, 5) is 2.28. The lowest BCUT2D eigenvalue weighted by molar-refractivity contribution is -0.137. The number of rotatable bonds is 4. The monoisotopic (exact) mass is 350 g/mol. The Bertz CT molecular complexity index is 726. The molecule has 134 valence electrons. The first kappa shape index (κ1) is 17.5. The van der Waals surface area contributed by atoms with Crippen molar-refractivity contribution in [1.29, 1.82) is 0 Å². The lowest BCUT2D eigenvalue weighted by Crippen LogP contribution is -2.40. The van der Waals surface area contributed by atoms with Crippen LogP contribution in [0.1, 0.15) is 24.1 Å². The molecule has 0 bridgehead atoms. The van der Waals surface area contributed by atoms with Crippen LogP contribution < -0.4 is 5.32 Å². The largest absolute Gasteiger partial charge is 0.416 e. The zero-order chi connectivity index (χ0) is 18.0. The fourth-order valence-corrected chi connectivity index (χ4v) is 3.05. The summed E-state index contributed by atoms with van der Waals surface area (Å²) in [5.41, 5.74) is 2.16. The molecule has 1 aliphatic rings. The number of piperidine rings is 1. The molecule has 1 saturated heterocycles. The van der Waals surface area contributed by atoms with Crippen LogP contribution in [0.25, 0.3) is 16.8 Å². The highest BCUT2D eigenvalue weighted by atomic mass is 19.4. The Morgan fingerprint density at radius 3 is 2.48 bits per heavy atom. The van der Waals surface area contributed by atoms with Gasteiger partial charge in [-0.25, -0.2) is 0 Å². The molecule has 0 spiro atoms. The average Bonchev–Trinajstić information content (AvgIpc) is 3.06. The van der Waals surface area contributed by atoms with Gasteiger partial charge in [0.05, 0.1) is 23.2 Å². The van der Waals surface area contributed by atoms with Gasteiger partial charge in [-0.15, -0.1) is 0 Å². The molecule has 0 radical (unpaired) electrons. The number of aromatic amines is 1. The van der Waals surface area contributed by atoms with Crippen LogP contribution in [0.5, 0.6) is 0 Å². The first-order valence-corrected chi connectivity index (χ1v) is 8.20. The van der Waals surface area contributed by atoms with Gasteiger partial charge in [-0.05, 0) is 50.7 Å². The second-order valence-electron chi connectivity index (χ2n) is 6.43. The van der Waals surface area contributed by atoms with Gasteiger partial charge >= 0.3 is 6.18 Å². The Hall–Kier alpha value is -2.28. The van der Waals surface area contributed by atoms with E-state index in [0.717, 1.165) is 43.6 Å². The number of nitrogens with zero attached hydrogens (tertiary/aromatic N) is 2. The molecular formula is C18H21F3N4. The summed E-state index contributed by atoms with van der Waals surface area (Å²) >= 11 is 0. The van der Waals surface area contributed by atoms with E-state index in [4.69, 9.17) is 0 Å². The molecule has 2 heterocycles. The van der Waals surface area contributed by atoms with Gasteiger partial charge in [0, 0.05) is 11.6 Å². The van der Waals surface area contributed by atoms with Crippen LogP contribution in [0.3, 0.4) is 0 Å². The SMILES string of the molecule is C=C(NC1CCN(C)CC1)c1[nH]ncc1-c1ccc(C(F)(F)F)cc1. The summed E-state index contributed by atoms with van der Waals surface area (Å²) < 4.78 is 38.1. The average molecular weight is 350 g/mol. The van der Waals surface area contributed by atoms with E-state index in [1.54, 1.807) is 6.20 Å². The van der Waals surface area contributed by atoms with Crippen molar-refractivity contribution in [1.82, 2.24) is 20.4 Å². The van der Waals surface area contributed by atoms with Crippen molar-refractivity contribution in [2.75, 3.05) is 20.1 Å². The van der Waals surface area contributed by atoms with Crippen molar-refractivity contribution in [3.63, 3.8) is 0 Å². The third-order valence-corrected chi connectivity index (χ3v) is 4.56. The molecule has 1 aromatic carbocycles. The minimum absolute atomic E-state index is 0.340. The lowest BCUT2D eigenvalue weighted by atomic mass is 10.0. The second-order valence-corrected chi connectivity index (χ2v) is 6.43. The van der Waals surface area contributed by atoms with E-state index in [9.17, 15) is 13.2 Å². The van der Waals surface area contributed by atoms with Crippen molar-refractivity contribution < 1.29 is 13.2 Å². The van der Waals surface area contributed by atoms with Gasteiger partial charge in [-0.1, -0.05) is 18.7 Å². The Balaban J connectivity index is 1.75. The van der Waals surface area contributed by atoms with E-state index in [2.05, 4.69) is 34.0 Å². The molecule has 0 unspecified atom stereocenters. The third-order valence-electron chi connectivity index (χ3n) is 4.56. The van der Waals surface area contributed by atoms with Gasteiger partial charge < -0.3 is 10.2 Å². The zero-order valence-electron chi connectivity index (χ0n) is 14.0. The topological polar surface area (TPSA) is 44.0 Å². The Labute approximate surface area is 144 Å². The highest BCUT2D eigenvalue weighted by Gasteiger charge is 2.30. The summed E-state index contributed by atoms with van der Waals surface area (Å²) in [6.45, 7) is 6.13. The Morgan fingerprint density at radius 1 is 1.24 bits per heavy atom. The molecule has 25 heavy (non-hydrogen) atoms. The fraction of sp³-hybridized carbons (Fsp3) is 0.389. The van der Waals surface area contributed by atoms with Crippen molar-refractivity contribution in [2.45, 2.75) is 25.1 Å². The molecule has 1 aromatic heterocycles. The summed E-state index contributed by atoms with van der Waals surface area (Å²) in [6, 6.07) is 5.42. The lowest BCUT2D eigenvalue weighted by Gasteiger charge is -2.30. The predicted octanol–water partition coefficient (Wildman–Crippen LogP) is 3.75. The number of aromatic nitrogens is 2. The number of hydrogen-bond acceptors (Lipinski definition) is 3. The van der Waals surface area contributed by atoms with Crippen LogP contribution in [-0.4, -0.2) is 41.3 Å². The quantitative estimate of drug-likeness (QED) is 0.883. The third kappa shape index (κ3) is 4.04. The van der Waals surface area contributed by atoms with Crippen molar-refractivity contribution in [3.05, 3.63) is 48.3 Å². The number of halogens is 3. The fourth-order valence-electron chi connectivity index (χ4n) is 3.05. The summed E-state index contributed by atoms with van der Waals surface area (Å²) in [5, 5.41) is 10.4. The van der Waals surface area contributed by atoms with Crippen LogP contribution in [0.4, 0.5) is 13.2 Å². The maximum Gasteiger partial charge on any atom is 0.416 e. The molecule has 3 rings (SSSR count). The van der Waals surface area contributed by atoms with Crippen molar-refractivity contribution in [3.8, 4) is 11.1 Å². The molecule has 2 N–H and O–H groups in total. The van der Waals surface area contributed by atoms with Gasteiger partial charge in [0.25, 0.3) is 0 Å². The molecule has 1 fully saturated rings. The van der Waals surface area contributed by atoms with Crippen molar-refractivity contribution >= 4 is 5.70 Å². The van der Waals surface area contributed by atoms with E-state index in [-0.39, 0.29) is 0 Å². The van der Waals surface area contributed by atoms with Crippen LogP contribution in [-0.2, 0) is 6.18 Å². The molecule has 2 aromatic rings. The van der Waals surface area contributed by atoms with Gasteiger partial charge in [-0.3, -0.25) is 5.10 Å². The van der Waals surface area contributed by atoms with E-state index >= 15 is 0 Å². The Kier molecular flexibility index (Phi) is 4.85. The minimum Gasteiger partial charge on any atom is -0.381 e. The zero-order valence-corrected chi connectivity index (χ0v) is 14.0. The molecule has 0 saturated carbocycles. The molecule has 0 atom stereocenters.